The molecule has 0 saturated carbocycles. The Hall–Kier alpha value is -5.80. The van der Waals surface area contributed by atoms with Crippen molar-refractivity contribution in [2.24, 2.45) is 0 Å². The van der Waals surface area contributed by atoms with E-state index in [1.54, 1.807) is 48.5 Å². The van der Waals surface area contributed by atoms with E-state index < -0.39 is 30.0 Å². The summed E-state index contributed by atoms with van der Waals surface area (Å²) in [7, 11) is 0. The van der Waals surface area contributed by atoms with Crippen LogP contribution in [0.25, 0.3) is 21.9 Å². The molecule has 3 atom stereocenters. The fraction of sp³-hybridized carbons (Fsp3) is 0.158. The van der Waals surface area contributed by atoms with Crippen molar-refractivity contribution in [3.05, 3.63) is 164 Å². The number of hydrogen-bond acceptors (Lipinski definition) is 7. The largest absolute Gasteiger partial charge is 0.451 e. The Balaban J connectivity index is 1.27. The zero-order valence-electron chi connectivity index (χ0n) is 25.3. The first-order chi connectivity index (χ1) is 22.8. The fourth-order valence-electron chi connectivity index (χ4n) is 5.63. The van der Waals surface area contributed by atoms with Crippen molar-refractivity contribution in [3.63, 3.8) is 0 Å². The van der Waals surface area contributed by atoms with E-state index in [2.05, 4.69) is 10.6 Å². The Morgan fingerprint density at radius 3 is 1.57 bits per heavy atom. The Kier molecular flexibility index (Phi) is 9.36. The van der Waals surface area contributed by atoms with Crippen LogP contribution in [0.5, 0.6) is 0 Å². The number of amides is 2. The number of fused-ring (bicyclic) bond motifs is 2. The molecule has 0 aliphatic rings. The molecule has 2 amide bonds. The van der Waals surface area contributed by atoms with E-state index in [1.807, 2.05) is 60.7 Å². The molecule has 4 aromatic carbocycles. The van der Waals surface area contributed by atoms with Gasteiger partial charge >= 0.3 is 0 Å². The first kappa shape index (κ1) is 31.2. The number of carbonyl (C=O) groups is 2. The minimum Gasteiger partial charge on any atom is -0.451 e. The van der Waals surface area contributed by atoms with Gasteiger partial charge in [-0.1, -0.05) is 84.9 Å². The number of aliphatic hydroxyl groups excluding tert-OH is 1. The highest BCUT2D eigenvalue weighted by atomic mass is 16.3. The van der Waals surface area contributed by atoms with Gasteiger partial charge in [-0.25, -0.2) is 0 Å². The van der Waals surface area contributed by atoms with Crippen LogP contribution in [0.15, 0.2) is 140 Å². The molecule has 3 N–H and O–H groups in total. The third kappa shape index (κ3) is 7.54. The number of benzene rings is 4. The topological polar surface area (TPSA) is 139 Å². The molecule has 6 aromatic rings. The van der Waals surface area contributed by atoms with Gasteiger partial charge in [-0.2, -0.15) is 0 Å². The number of carbonyl (C=O) groups excluding carboxylic acids is 2. The van der Waals surface area contributed by atoms with E-state index in [4.69, 9.17) is 8.83 Å². The van der Waals surface area contributed by atoms with Crippen molar-refractivity contribution in [3.8, 4) is 0 Å². The molecule has 0 radical (unpaired) electrons. The van der Waals surface area contributed by atoms with Crippen LogP contribution in [0.2, 0.25) is 0 Å². The van der Waals surface area contributed by atoms with Crippen LogP contribution in [0.4, 0.5) is 0 Å². The molecule has 0 saturated heterocycles. The number of rotatable bonds is 11. The Bertz CT molecular complexity index is 2140. The monoisotopic (exact) mass is 628 g/mol. The van der Waals surface area contributed by atoms with Gasteiger partial charge in [0.25, 0.3) is 11.8 Å². The lowest BCUT2D eigenvalue weighted by Crippen LogP contribution is -2.48. The molecule has 0 bridgehead atoms. The minimum atomic E-state index is -1.15. The molecule has 6 rings (SSSR count). The molecular formula is C38H32N2O7. The second kappa shape index (κ2) is 14.1. The summed E-state index contributed by atoms with van der Waals surface area (Å²) in [5.41, 5.74) is 1.63. The number of nitrogens with one attached hydrogen (secondary N) is 2. The van der Waals surface area contributed by atoms with Gasteiger partial charge < -0.3 is 24.6 Å². The van der Waals surface area contributed by atoms with Crippen molar-refractivity contribution in [2.75, 3.05) is 0 Å². The average Bonchev–Trinajstić information content (AvgIpc) is 3.08. The highest BCUT2D eigenvalue weighted by Gasteiger charge is 2.28. The molecule has 9 heteroatoms. The number of aliphatic hydroxyl groups is 1. The van der Waals surface area contributed by atoms with Gasteiger partial charge in [-0.05, 0) is 54.7 Å². The van der Waals surface area contributed by atoms with Gasteiger partial charge in [-0.15, -0.1) is 0 Å². The van der Waals surface area contributed by atoms with Crippen molar-refractivity contribution in [2.45, 2.75) is 37.5 Å². The van der Waals surface area contributed by atoms with E-state index in [9.17, 15) is 24.3 Å². The molecule has 0 aliphatic heterocycles. The molecule has 0 fully saturated rings. The van der Waals surface area contributed by atoms with E-state index in [-0.39, 0.29) is 46.4 Å². The first-order valence-electron chi connectivity index (χ1n) is 15.3. The van der Waals surface area contributed by atoms with Crippen molar-refractivity contribution in [1.29, 1.82) is 0 Å². The number of hydrogen-bond donors (Lipinski definition) is 3. The summed E-state index contributed by atoms with van der Waals surface area (Å²) in [5.74, 6) is -1.60. The lowest BCUT2D eigenvalue weighted by atomic mass is 9.93. The van der Waals surface area contributed by atoms with Gasteiger partial charge in [0.15, 0.2) is 22.4 Å². The Labute approximate surface area is 269 Å². The average molecular weight is 629 g/mol. The van der Waals surface area contributed by atoms with Gasteiger partial charge in [0.1, 0.15) is 11.2 Å². The highest BCUT2D eigenvalue weighted by Crippen LogP contribution is 2.18. The van der Waals surface area contributed by atoms with E-state index in [0.717, 1.165) is 23.3 Å². The summed E-state index contributed by atoms with van der Waals surface area (Å²) >= 11 is 0. The molecule has 0 unspecified atom stereocenters. The zero-order chi connectivity index (χ0) is 32.8. The van der Waals surface area contributed by atoms with Crippen molar-refractivity contribution < 1.29 is 23.5 Å². The molecule has 47 heavy (non-hydrogen) atoms. The molecular weight excluding hydrogens is 596 g/mol. The summed E-state index contributed by atoms with van der Waals surface area (Å²) in [5, 5.41) is 18.2. The van der Waals surface area contributed by atoms with E-state index in [1.165, 1.54) is 0 Å². The van der Waals surface area contributed by atoms with Crippen LogP contribution in [0.3, 0.4) is 0 Å². The normalized spacial score (nSPS) is 13.1. The van der Waals surface area contributed by atoms with Gasteiger partial charge in [0.05, 0.1) is 22.9 Å². The third-order valence-corrected chi connectivity index (χ3v) is 7.98. The van der Waals surface area contributed by atoms with Gasteiger partial charge in [0, 0.05) is 18.2 Å². The minimum absolute atomic E-state index is 0.0396. The number of para-hydroxylation sites is 2. The van der Waals surface area contributed by atoms with Crippen molar-refractivity contribution >= 4 is 33.8 Å². The smallest absolute Gasteiger partial charge is 0.287 e. The molecule has 0 aliphatic carbocycles. The predicted octanol–water partition coefficient (Wildman–Crippen LogP) is 5.03. The summed E-state index contributed by atoms with van der Waals surface area (Å²) in [4.78, 5) is 52.3. The van der Waals surface area contributed by atoms with E-state index in [0.29, 0.717) is 17.2 Å². The summed E-state index contributed by atoms with van der Waals surface area (Å²) in [6.45, 7) is 0. The Morgan fingerprint density at radius 1 is 0.596 bits per heavy atom. The quantitative estimate of drug-likeness (QED) is 0.183. The van der Waals surface area contributed by atoms with Crippen LogP contribution in [-0.2, 0) is 12.8 Å². The van der Waals surface area contributed by atoms with Gasteiger partial charge in [0.2, 0.25) is 0 Å². The lowest BCUT2D eigenvalue weighted by Gasteiger charge is -2.28. The third-order valence-electron chi connectivity index (χ3n) is 7.98. The van der Waals surface area contributed by atoms with Crippen LogP contribution in [0, 0.1) is 0 Å². The highest BCUT2D eigenvalue weighted by molar-refractivity contribution is 5.94. The van der Waals surface area contributed by atoms with Crippen LogP contribution >= 0.6 is 0 Å². The fourth-order valence-corrected chi connectivity index (χ4v) is 5.63. The maximum atomic E-state index is 13.5. The maximum absolute atomic E-state index is 13.5. The molecule has 0 spiro atoms. The SMILES string of the molecule is O=C(N[C@@H](Cc1ccccc1)C[C@H](O)[C@H](Cc1ccccc1)NC(=O)c1cc(=O)c2ccccc2o1)c1cc(=O)c2ccccc2o1. The molecule has 2 aromatic heterocycles. The predicted molar refractivity (Wildman–Crippen MR) is 178 cm³/mol. The second-order valence-corrected chi connectivity index (χ2v) is 11.4. The summed E-state index contributed by atoms with van der Waals surface area (Å²) in [6.07, 6.45) is -0.494. The zero-order valence-corrected chi connectivity index (χ0v) is 25.3. The van der Waals surface area contributed by atoms with E-state index >= 15 is 0 Å². The Morgan fingerprint density at radius 2 is 1.04 bits per heavy atom. The van der Waals surface area contributed by atoms with Crippen LogP contribution < -0.4 is 21.5 Å². The van der Waals surface area contributed by atoms with Crippen molar-refractivity contribution in [1.82, 2.24) is 10.6 Å². The molecule has 9 nitrogen and oxygen atoms in total. The molecule has 2 heterocycles. The van der Waals surface area contributed by atoms with Gasteiger partial charge in [-0.3, -0.25) is 19.2 Å². The molecule has 236 valence electrons. The summed E-state index contributed by atoms with van der Waals surface area (Å²) < 4.78 is 11.5. The van der Waals surface area contributed by atoms with Crippen LogP contribution in [0.1, 0.15) is 38.7 Å². The van der Waals surface area contributed by atoms with Crippen LogP contribution in [-0.4, -0.2) is 35.1 Å². The summed E-state index contributed by atoms with van der Waals surface area (Å²) in [6, 6.07) is 33.0. The second-order valence-electron chi connectivity index (χ2n) is 11.4. The first-order valence-corrected chi connectivity index (χ1v) is 15.3. The maximum Gasteiger partial charge on any atom is 0.287 e. The standard InChI is InChI=1S/C38H32N2O7/c41-30-22-35(46-33-17-9-7-15-27(30)33)37(44)39-26(19-24-11-3-1-4-12-24)21-32(43)29(20-25-13-5-2-6-14-25)40-38(45)36-23-31(42)28-16-8-10-18-34(28)47-36/h1-18,22-23,26,29,32,43H,19-21H2,(H,39,44)(H,40,45)/t26-,29-,32-/m0/s1. The lowest BCUT2D eigenvalue weighted by molar-refractivity contribution is 0.0733.